The van der Waals surface area contributed by atoms with Crippen LogP contribution >= 0.6 is 15.9 Å². The normalized spacial score (nSPS) is 23.4. The molecule has 0 bridgehead atoms. The van der Waals surface area contributed by atoms with Crippen LogP contribution in [0.3, 0.4) is 0 Å². The van der Waals surface area contributed by atoms with Crippen LogP contribution in [0.4, 0.5) is 0 Å². The van der Waals surface area contributed by atoms with Crippen molar-refractivity contribution < 1.29 is 13.2 Å². The summed E-state index contributed by atoms with van der Waals surface area (Å²) in [6.07, 6.45) is 1.28. The number of sulfonamides is 1. The number of nitrogens with one attached hydrogen (secondary N) is 1. The monoisotopic (exact) mass is 375 g/mol. The molecule has 1 N–H and O–H groups in total. The number of rotatable bonds is 5. The summed E-state index contributed by atoms with van der Waals surface area (Å²) in [5.41, 5.74) is 1.14. The van der Waals surface area contributed by atoms with Crippen molar-refractivity contribution in [2.75, 3.05) is 13.2 Å². The average Bonchev–Trinajstić information content (AvgIpc) is 2.40. The Hall–Kier alpha value is -0.430. The Morgan fingerprint density at radius 3 is 2.62 bits per heavy atom. The molecular formula is C15H22BrNO3S. The summed E-state index contributed by atoms with van der Waals surface area (Å²) in [4.78, 5) is 0. The third-order valence-electron chi connectivity index (χ3n) is 3.61. The number of halogens is 1. The number of hydrogen-bond donors (Lipinski definition) is 1. The molecule has 1 fully saturated rings. The van der Waals surface area contributed by atoms with Crippen molar-refractivity contribution in [3.05, 3.63) is 34.3 Å². The highest BCUT2D eigenvalue weighted by atomic mass is 79.9. The zero-order valence-corrected chi connectivity index (χ0v) is 14.8. The van der Waals surface area contributed by atoms with Crippen molar-refractivity contribution in [1.82, 2.24) is 4.72 Å². The Morgan fingerprint density at radius 2 is 2.00 bits per heavy atom. The zero-order chi connectivity index (χ0) is 15.5. The van der Waals surface area contributed by atoms with Crippen molar-refractivity contribution in [3.63, 3.8) is 0 Å². The summed E-state index contributed by atoms with van der Waals surface area (Å²) in [5, 5.41) is -0.378. The first-order chi connectivity index (χ1) is 9.88. The molecule has 0 aliphatic carbocycles. The topological polar surface area (TPSA) is 55.4 Å². The lowest BCUT2D eigenvalue weighted by atomic mass is 9.94. The molecule has 6 heteroatoms. The van der Waals surface area contributed by atoms with Gasteiger partial charge in [0.05, 0.1) is 11.9 Å². The van der Waals surface area contributed by atoms with Crippen molar-refractivity contribution >= 4 is 26.0 Å². The Labute approximate surface area is 135 Å². The fourth-order valence-electron chi connectivity index (χ4n) is 2.72. The maximum absolute atomic E-state index is 12.5. The third-order valence-corrected chi connectivity index (χ3v) is 6.36. The van der Waals surface area contributed by atoms with Crippen molar-refractivity contribution in [3.8, 4) is 0 Å². The van der Waals surface area contributed by atoms with Crippen LogP contribution in [-0.4, -0.2) is 32.9 Å². The van der Waals surface area contributed by atoms with Gasteiger partial charge < -0.3 is 4.74 Å². The van der Waals surface area contributed by atoms with Gasteiger partial charge in [-0.2, -0.15) is 0 Å². The average molecular weight is 376 g/mol. The van der Waals surface area contributed by atoms with Gasteiger partial charge in [-0.25, -0.2) is 13.1 Å². The van der Waals surface area contributed by atoms with Gasteiger partial charge in [0.15, 0.2) is 0 Å². The maximum Gasteiger partial charge on any atom is 0.215 e. The molecule has 1 aliphatic rings. The first-order valence-electron chi connectivity index (χ1n) is 7.22. The van der Waals surface area contributed by atoms with E-state index in [-0.39, 0.29) is 17.2 Å². The van der Waals surface area contributed by atoms with E-state index in [2.05, 4.69) is 20.7 Å². The van der Waals surface area contributed by atoms with Gasteiger partial charge in [-0.15, -0.1) is 0 Å². The van der Waals surface area contributed by atoms with Crippen LogP contribution < -0.4 is 4.72 Å². The number of hydrogen-bond acceptors (Lipinski definition) is 3. The predicted octanol–water partition coefficient (Wildman–Crippen LogP) is 2.72. The molecule has 0 aromatic heterocycles. The summed E-state index contributed by atoms with van der Waals surface area (Å²) in [5.74, 6) is -0.00354. The lowest BCUT2D eigenvalue weighted by Gasteiger charge is -2.32. The molecule has 0 unspecified atom stereocenters. The van der Waals surface area contributed by atoms with Gasteiger partial charge in [0.2, 0.25) is 10.0 Å². The lowest BCUT2D eigenvalue weighted by molar-refractivity contribution is 0.0569. The molecule has 1 heterocycles. The standard InChI is InChI=1S/C15H22BrNO3S/c1-11(2)17-21(18,19)15-7-8-20-10-13(15)9-12-3-5-14(16)6-4-12/h3-6,11,13,15,17H,7-10H2,1-2H3/t13-,15-/m1/s1. The van der Waals surface area contributed by atoms with Crippen LogP contribution in [0.5, 0.6) is 0 Å². The molecule has 21 heavy (non-hydrogen) atoms. The van der Waals surface area contributed by atoms with E-state index in [0.717, 1.165) is 16.5 Å². The summed E-state index contributed by atoms with van der Waals surface area (Å²) < 4.78 is 34.2. The van der Waals surface area contributed by atoms with Gasteiger partial charge in [-0.1, -0.05) is 28.1 Å². The Morgan fingerprint density at radius 1 is 1.33 bits per heavy atom. The summed E-state index contributed by atoms with van der Waals surface area (Å²) >= 11 is 3.41. The molecule has 1 aromatic carbocycles. The fourth-order valence-corrected chi connectivity index (χ4v) is 4.90. The van der Waals surface area contributed by atoms with Crippen LogP contribution in [0.1, 0.15) is 25.8 Å². The second kappa shape index (κ2) is 7.22. The Bertz CT molecular complexity index is 557. The van der Waals surface area contributed by atoms with E-state index in [9.17, 15) is 8.42 Å². The molecule has 0 radical (unpaired) electrons. The van der Waals surface area contributed by atoms with Crippen molar-refractivity contribution in [1.29, 1.82) is 0 Å². The van der Waals surface area contributed by atoms with E-state index in [0.29, 0.717) is 19.6 Å². The third kappa shape index (κ3) is 4.77. The van der Waals surface area contributed by atoms with E-state index < -0.39 is 10.0 Å². The van der Waals surface area contributed by atoms with Gasteiger partial charge >= 0.3 is 0 Å². The predicted molar refractivity (Wildman–Crippen MR) is 87.8 cm³/mol. The summed E-state index contributed by atoms with van der Waals surface area (Å²) in [6, 6.07) is 7.94. The molecular weight excluding hydrogens is 354 g/mol. The minimum atomic E-state index is -3.30. The lowest BCUT2D eigenvalue weighted by Crippen LogP contribution is -2.46. The van der Waals surface area contributed by atoms with Gasteiger partial charge in [0, 0.05) is 23.0 Å². The molecule has 118 valence electrons. The smallest absolute Gasteiger partial charge is 0.215 e. The Kier molecular flexibility index (Phi) is 5.82. The van der Waals surface area contributed by atoms with Crippen molar-refractivity contribution in [2.45, 2.75) is 38.0 Å². The Balaban J connectivity index is 2.13. The van der Waals surface area contributed by atoms with E-state index in [1.165, 1.54) is 0 Å². The van der Waals surface area contributed by atoms with E-state index >= 15 is 0 Å². The van der Waals surface area contributed by atoms with Gasteiger partial charge in [0.1, 0.15) is 0 Å². The fraction of sp³-hybridized carbons (Fsp3) is 0.600. The second-order valence-electron chi connectivity index (χ2n) is 5.81. The molecule has 1 aromatic rings. The van der Waals surface area contributed by atoms with Gasteiger partial charge in [0.25, 0.3) is 0 Å². The van der Waals surface area contributed by atoms with E-state index in [4.69, 9.17) is 4.74 Å². The minimum absolute atomic E-state index is 0.00354. The summed E-state index contributed by atoms with van der Waals surface area (Å²) in [7, 11) is -3.30. The molecule has 1 aliphatic heterocycles. The van der Waals surface area contributed by atoms with Crippen LogP contribution in [-0.2, 0) is 21.2 Å². The first kappa shape index (κ1) is 16.9. The quantitative estimate of drug-likeness (QED) is 0.860. The van der Waals surface area contributed by atoms with Gasteiger partial charge in [-0.05, 0) is 44.4 Å². The number of ether oxygens (including phenoxy) is 1. The van der Waals surface area contributed by atoms with Crippen LogP contribution in [0.25, 0.3) is 0 Å². The molecule has 0 spiro atoms. The highest BCUT2D eigenvalue weighted by molar-refractivity contribution is 9.10. The van der Waals surface area contributed by atoms with E-state index in [1.807, 2.05) is 38.1 Å². The first-order valence-corrected chi connectivity index (χ1v) is 9.56. The van der Waals surface area contributed by atoms with Crippen molar-refractivity contribution in [2.24, 2.45) is 5.92 Å². The SMILES string of the molecule is CC(C)NS(=O)(=O)[C@@H]1CCOC[C@H]1Cc1ccc(Br)cc1. The van der Waals surface area contributed by atoms with Crippen LogP contribution in [0.15, 0.2) is 28.7 Å². The van der Waals surface area contributed by atoms with Crippen LogP contribution in [0.2, 0.25) is 0 Å². The van der Waals surface area contributed by atoms with E-state index in [1.54, 1.807) is 0 Å². The minimum Gasteiger partial charge on any atom is -0.381 e. The second-order valence-corrected chi connectivity index (χ2v) is 8.66. The molecule has 0 amide bonds. The summed E-state index contributed by atoms with van der Waals surface area (Å²) in [6.45, 7) is 4.71. The number of benzene rings is 1. The molecule has 4 nitrogen and oxygen atoms in total. The van der Waals surface area contributed by atoms with Crippen LogP contribution in [0, 0.1) is 5.92 Å². The maximum atomic E-state index is 12.5. The largest absolute Gasteiger partial charge is 0.381 e. The highest BCUT2D eigenvalue weighted by Crippen LogP contribution is 2.26. The molecule has 2 rings (SSSR count). The highest BCUT2D eigenvalue weighted by Gasteiger charge is 2.36. The molecule has 2 atom stereocenters. The molecule has 0 saturated carbocycles. The van der Waals surface area contributed by atoms with Gasteiger partial charge in [-0.3, -0.25) is 0 Å². The zero-order valence-electron chi connectivity index (χ0n) is 12.4. The molecule has 1 saturated heterocycles.